The Labute approximate surface area is 104 Å². The minimum Gasteiger partial charge on any atom is -0.477 e. The predicted octanol–water partition coefficient (Wildman–Crippen LogP) is 1.11. The van der Waals surface area contributed by atoms with E-state index >= 15 is 0 Å². The number of aryl methyl sites for hydroxylation is 1. The van der Waals surface area contributed by atoms with Crippen LogP contribution >= 0.6 is 0 Å². The molecule has 0 aromatic carbocycles. The maximum absolute atomic E-state index is 11.1. The Kier molecular flexibility index (Phi) is 3.14. The summed E-state index contributed by atoms with van der Waals surface area (Å²) in [5.41, 5.74) is 0.158. The molecule has 0 aliphatic rings. The van der Waals surface area contributed by atoms with Crippen molar-refractivity contribution >= 4 is 5.97 Å². The van der Waals surface area contributed by atoms with Crippen LogP contribution in [0, 0.1) is 6.92 Å². The van der Waals surface area contributed by atoms with Gasteiger partial charge in [0.2, 0.25) is 0 Å². The molecule has 0 radical (unpaired) electrons. The lowest BCUT2D eigenvalue weighted by Gasteiger charge is -2.11. The van der Waals surface area contributed by atoms with Crippen LogP contribution in [-0.4, -0.2) is 35.4 Å². The van der Waals surface area contributed by atoms with Crippen LogP contribution in [0.5, 0.6) is 0 Å². The molecule has 2 heterocycles. The molecule has 0 atom stereocenters. The number of carboxylic acid groups (broad SMARTS) is 1. The fourth-order valence-corrected chi connectivity index (χ4v) is 1.80. The van der Waals surface area contributed by atoms with Crippen LogP contribution in [0.15, 0.2) is 12.5 Å². The number of rotatable bonds is 4. The van der Waals surface area contributed by atoms with Crippen molar-refractivity contribution < 1.29 is 9.90 Å². The first-order valence-electron chi connectivity index (χ1n) is 5.64. The maximum atomic E-state index is 11.1. The van der Waals surface area contributed by atoms with Crippen molar-refractivity contribution in [1.82, 2.24) is 24.3 Å². The van der Waals surface area contributed by atoms with Gasteiger partial charge in [-0.2, -0.15) is 5.10 Å². The van der Waals surface area contributed by atoms with Gasteiger partial charge in [-0.3, -0.25) is 0 Å². The topological polar surface area (TPSA) is 85.8 Å². The second-order valence-electron chi connectivity index (χ2n) is 4.30. The van der Waals surface area contributed by atoms with E-state index in [1.165, 1.54) is 12.5 Å². The molecule has 0 spiro atoms. The third kappa shape index (κ3) is 2.11. The molecule has 0 aliphatic heterocycles. The smallest absolute Gasteiger partial charge is 0.354 e. The zero-order valence-corrected chi connectivity index (χ0v) is 10.5. The van der Waals surface area contributed by atoms with Gasteiger partial charge in [0.1, 0.15) is 23.7 Å². The Morgan fingerprint density at radius 1 is 1.44 bits per heavy atom. The predicted molar refractivity (Wildman–Crippen MR) is 63.4 cm³/mol. The van der Waals surface area contributed by atoms with Crippen molar-refractivity contribution in [2.75, 3.05) is 0 Å². The van der Waals surface area contributed by atoms with E-state index in [1.807, 2.05) is 13.8 Å². The maximum Gasteiger partial charge on any atom is 0.354 e. The van der Waals surface area contributed by atoms with Crippen LogP contribution in [0.1, 0.15) is 42.0 Å². The van der Waals surface area contributed by atoms with E-state index in [9.17, 15) is 4.79 Å². The van der Waals surface area contributed by atoms with E-state index in [-0.39, 0.29) is 11.7 Å². The van der Waals surface area contributed by atoms with Crippen LogP contribution in [0.4, 0.5) is 0 Å². The second kappa shape index (κ2) is 4.59. The number of hydrogen-bond acceptors (Lipinski definition) is 4. The van der Waals surface area contributed by atoms with Gasteiger partial charge in [-0.05, 0) is 20.8 Å². The Balaban J connectivity index is 2.37. The van der Waals surface area contributed by atoms with Crippen molar-refractivity contribution in [3.05, 3.63) is 29.9 Å². The Bertz CT molecular complexity index is 570. The van der Waals surface area contributed by atoms with Crippen molar-refractivity contribution in [3.63, 3.8) is 0 Å². The second-order valence-corrected chi connectivity index (χ2v) is 4.30. The summed E-state index contributed by atoms with van der Waals surface area (Å²) in [6.07, 6.45) is 2.83. The Hall–Kier alpha value is -2.18. The van der Waals surface area contributed by atoms with Gasteiger partial charge in [-0.15, -0.1) is 0 Å². The number of aromatic carboxylic acids is 1. The zero-order valence-electron chi connectivity index (χ0n) is 10.5. The van der Waals surface area contributed by atoms with Gasteiger partial charge in [0.25, 0.3) is 0 Å². The van der Waals surface area contributed by atoms with E-state index in [1.54, 1.807) is 16.2 Å². The van der Waals surface area contributed by atoms with Crippen molar-refractivity contribution in [3.8, 4) is 0 Å². The molecule has 0 saturated heterocycles. The van der Waals surface area contributed by atoms with Crippen LogP contribution in [-0.2, 0) is 6.54 Å². The fourth-order valence-electron chi connectivity index (χ4n) is 1.80. The zero-order chi connectivity index (χ0) is 13.3. The largest absolute Gasteiger partial charge is 0.477 e. The van der Waals surface area contributed by atoms with E-state index in [4.69, 9.17) is 5.11 Å². The number of carboxylic acids is 1. The molecule has 18 heavy (non-hydrogen) atoms. The number of imidazole rings is 1. The average Bonchev–Trinajstić information content (AvgIpc) is 2.87. The summed E-state index contributed by atoms with van der Waals surface area (Å²) in [6, 6.07) is 0.180. The van der Waals surface area contributed by atoms with Gasteiger partial charge in [0.15, 0.2) is 0 Å². The molecule has 0 fully saturated rings. The van der Waals surface area contributed by atoms with Gasteiger partial charge in [-0.1, -0.05) is 0 Å². The van der Waals surface area contributed by atoms with Gasteiger partial charge in [0, 0.05) is 6.04 Å². The standard InChI is InChI=1S/C11H15N5O2/c1-7(2)16-10(13-6-14-16)5-15-8(3)12-4-9(15)11(17)18/h4,6-7H,5H2,1-3H3,(H,17,18). The molecule has 2 aromatic heterocycles. The number of aromatic nitrogens is 5. The van der Waals surface area contributed by atoms with Crippen molar-refractivity contribution in [2.24, 2.45) is 0 Å². The average molecular weight is 249 g/mol. The van der Waals surface area contributed by atoms with E-state index < -0.39 is 5.97 Å². The van der Waals surface area contributed by atoms with Gasteiger partial charge in [-0.25, -0.2) is 19.4 Å². The number of carbonyl (C=O) groups is 1. The molecule has 0 saturated carbocycles. The molecule has 7 heteroatoms. The molecule has 0 amide bonds. The first-order chi connectivity index (χ1) is 8.50. The number of hydrogen-bond donors (Lipinski definition) is 1. The van der Waals surface area contributed by atoms with Crippen LogP contribution in [0.25, 0.3) is 0 Å². The molecule has 2 rings (SSSR count). The molecule has 1 N–H and O–H groups in total. The summed E-state index contributed by atoms with van der Waals surface area (Å²) in [7, 11) is 0. The summed E-state index contributed by atoms with van der Waals surface area (Å²) in [5.74, 6) is 0.366. The highest BCUT2D eigenvalue weighted by atomic mass is 16.4. The minimum atomic E-state index is -0.994. The molecular weight excluding hydrogens is 234 g/mol. The molecule has 0 unspecified atom stereocenters. The molecular formula is C11H15N5O2. The van der Waals surface area contributed by atoms with E-state index in [2.05, 4.69) is 15.1 Å². The van der Waals surface area contributed by atoms with Crippen molar-refractivity contribution in [2.45, 2.75) is 33.4 Å². The summed E-state index contributed by atoms with van der Waals surface area (Å²) in [6.45, 7) is 6.11. The monoisotopic (exact) mass is 249 g/mol. The molecule has 2 aromatic rings. The van der Waals surface area contributed by atoms with E-state index in [0.29, 0.717) is 18.2 Å². The Morgan fingerprint density at radius 2 is 2.17 bits per heavy atom. The highest BCUT2D eigenvalue weighted by Gasteiger charge is 2.16. The van der Waals surface area contributed by atoms with Gasteiger partial charge >= 0.3 is 5.97 Å². The molecule has 7 nitrogen and oxygen atoms in total. The lowest BCUT2D eigenvalue weighted by Crippen LogP contribution is -2.16. The van der Waals surface area contributed by atoms with Crippen LogP contribution < -0.4 is 0 Å². The minimum absolute atomic E-state index is 0.158. The van der Waals surface area contributed by atoms with Crippen molar-refractivity contribution in [1.29, 1.82) is 0 Å². The van der Waals surface area contributed by atoms with Crippen LogP contribution in [0.2, 0.25) is 0 Å². The van der Waals surface area contributed by atoms with Crippen LogP contribution in [0.3, 0.4) is 0 Å². The normalized spacial score (nSPS) is 11.1. The summed E-state index contributed by atoms with van der Waals surface area (Å²) >= 11 is 0. The Morgan fingerprint density at radius 3 is 2.78 bits per heavy atom. The molecule has 0 aliphatic carbocycles. The van der Waals surface area contributed by atoms with Gasteiger partial charge < -0.3 is 9.67 Å². The lowest BCUT2D eigenvalue weighted by molar-refractivity contribution is 0.0685. The van der Waals surface area contributed by atoms with Gasteiger partial charge in [0.05, 0.1) is 12.7 Å². The highest BCUT2D eigenvalue weighted by molar-refractivity contribution is 5.85. The summed E-state index contributed by atoms with van der Waals surface area (Å²) < 4.78 is 3.39. The van der Waals surface area contributed by atoms with E-state index in [0.717, 1.165) is 0 Å². The third-order valence-corrected chi connectivity index (χ3v) is 2.71. The number of nitrogens with zero attached hydrogens (tertiary/aromatic N) is 5. The third-order valence-electron chi connectivity index (χ3n) is 2.71. The highest BCUT2D eigenvalue weighted by Crippen LogP contribution is 2.11. The first-order valence-corrected chi connectivity index (χ1v) is 5.64. The summed E-state index contributed by atoms with van der Waals surface area (Å²) in [4.78, 5) is 19.3. The fraction of sp³-hybridized carbons (Fsp3) is 0.455. The summed E-state index contributed by atoms with van der Waals surface area (Å²) in [5, 5.41) is 13.2. The quantitative estimate of drug-likeness (QED) is 0.877. The lowest BCUT2D eigenvalue weighted by atomic mass is 10.4. The SMILES string of the molecule is Cc1ncc(C(=O)O)n1Cc1ncnn1C(C)C. The molecule has 0 bridgehead atoms. The first kappa shape index (κ1) is 12.3. The molecule has 96 valence electrons.